The summed E-state index contributed by atoms with van der Waals surface area (Å²) >= 11 is 6.17. The first-order chi connectivity index (χ1) is 14.7. The lowest BCUT2D eigenvalue weighted by Crippen LogP contribution is -2.18. The molecule has 0 bridgehead atoms. The van der Waals surface area contributed by atoms with Gasteiger partial charge in [-0.15, -0.1) is 10.2 Å². The number of halogens is 2. The van der Waals surface area contributed by atoms with Crippen LogP contribution in [-0.4, -0.2) is 19.7 Å². The molecule has 1 aliphatic carbocycles. The third-order valence-electron chi connectivity index (χ3n) is 5.79. The Bertz CT molecular complexity index is 1010. The second-order valence-electron chi connectivity index (χ2n) is 7.49. The van der Waals surface area contributed by atoms with E-state index >= 15 is 0 Å². The zero-order valence-corrected chi connectivity index (χ0v) is 18.1. The number of aromatic nitrogens is 4. The van der Waals surface area contributed by atoms with Crippen molar-refractivity contribution in [2.45, 2.75) is 64.6 Å². The maximum Gasteiger partial charge on any atom is 0.163 e. The van der Waals surface area contributed by atoms with E-state index in [-0.39, 0.29) is 17.7 Å². The molecular weight excluding hydrogens is 403 g/mol. The Balaban J connectivity index is 0.00000106. The van der Waals surface area contributed by atoms with E-state index in [1.54, 1.807) is 12.3 Å². The van der Waals surface area contributed by atoms with Gasteiger partial charge in [-0.05, 0) is 56.0 Å². The second kappa shape index (κ2) is 9.23. The Labute approximate surface area is 181 Å². The molecule has 2 aliphatic rings. The SMILES string of the molecule is CC.Fc1cccnc1C1CCC(c2nnc3n2-c2ccc(Cl)cc2COC3)CC1. The number of rotatable bonds is 2. The highest BCUT2D eigenvalue weighted by molar-refractivity contribution is 6.30. The predicted octanol–water partition coefficient (Wildman–Crippen LogP) is 5.95. The zero-order valence-electron chi connectivity index (χ0n) is 17.3. The third kappa shape index (κ3) is 3.98. The maximum absolute atomic E-state index is 14.1. The van der Waals surface area contributed by atoms with Gasteiger partial charge in [0.1, 0.15) is 18.2 Å². The molecule has 158 valence electrons. The van der Waals surface area contributed by atoms with Gasteiger partial charge < -0.3 is 4.74 Å². The number of hydrogen-bond donors (Lipinski definition) is 0. The molecule has 0 unspecified atom stereocenters. The van der Waals surface area contributed by atoms with Crippen molar-refractivity contribution in [3.63, 3.8) is 0 Å². The third-order valence-corrected chi connectivity index (χ3v) is 6.03. The van der Waals surface area contributed by atoms with Crippen molar-refractivity contribution in [3.8, 4) is 5.69 Å². The highest BCUT2D eigenvalue weighted by Gasteiger charge is 2.31. The molecule has 5 nitrogen and oxygen atoms in total. The molecule has 0 amide bonds. The van der Waals surface area contributed by atoms with Crippen LogP contribution in [0.5, 0.6) is 0 Å². The maximum atomic E-state index is 14.1. The van der Waals surface area contributed by atoms with Gasteiger partial charge in [-0.25, -0.2) is 4.39 Å². The molecule has 0 spiro atoms. The number of hydrogen-bond acceptors (Lipinski definition) is 4. The Kier molecular flexibility index (Phi) is 6.44. The molecule has 1 aliphatic heterocycles. The van der Waals surface area contributed by atoms with Crippen LogP contribution in [0.1, 0.15) is 74.3 Å². The van der Waals surface area contributed by atoms with Gasteiger partial charge in [-0.1, -0.05) is 25.4 Å². The fourth-order valence-corrected chi connectivity index (χ4v) is 4.61. The lowest BCUT2D eigenvalue weighted by Gasteiger charge is -2.28. The van der Waals surface area contributed by atoms with E-state index in [9.17, 15) is 4.39 Å². The molecule has 0 N–H and O–H groups in total. The molecule has 0 atom stereocenters. The highest BCUT2D eigenvalue weighted by Crippen LogP contribution is 2.41. The highest BCUT2D eigenvalue weighted by atomic mass is 35.5. The number of nitrogens with zero attached hydrogens (tertiary/aromatic N) is 4. The molecule has 3 heterocycles. The van der Waals surface area contributed by atoms with E-state index in [2.05, 4.69) is 19.7 Å². The first kappa shape index (κ1) is 20.9. The topological polar surface area (TPSA) is 52.8 Å². The summed E-state index contributed by atoms with van der Waals surface area (Å²) in [6, 6.07) is 8.98. The first-order valence-corrected chi connectivity index (χ1v) is 11.0. The molecule has 2 aromatic heterocycles. The van der Waals surface area contributed by atoms with Gasteiger partial charge in [0, 0.05) is 28.6 Å². The van der Waals surface area contributed by atoms with E-state index in [4.69, 9.17) is 16.3 Å². The summed E-state index contributed by atoms with van der Waals surface area (Å²) in [4.78, 5) is 4.27. The summed E-state index contributed by atoms with van der Waals surface area (Å²) in [5.41, 5.74) is 2.67. The van der Waals surface area contributed by atoms with E-state index in [1.807, 2.05) is 32.0 Å². The van der Waals surface area contributed by atoms with Crippen LogP contribution in [0.25, 0.3) is 5.69 Å². The minimum atomic E-state index is -0.203. The minimum Gasteiger partial charge on any atom is -0.369 e. The van der Waals surface area contributed by atoms with Crippen molar-refractivity contribution < 1.29 is 9.13 Å². The van der Waals surface area contributed by atoms with Crippen LogP contribution >= 0.6 is 11.6 Å². The van der Waals surface area contributed by atoms with Crippen LogP contribution in [-0.2, 0) is 18.0 Å². The summed E-state index contributed by atoms with van der Waals surface area (Å²) in [6.07, 6.45) is 5.33. The van der Waals surface area contributed by atoms with Gasteiger partial charge in [0.25, 0.3) is 0 Å². The molecule has 1 saturated carbocycles. The van der Waals surface area contributed by atoms with Gasteiger partial charge in [-0.3, -0.25) is 9.55 Å². The Morgan fingerprint density at radius 1 is 1.03 bits per heavy atom. The number of ether oxygens (including phenoxy) is 1. The Morgan fingerprint density at radius 2 is 1.80 bits per heavy atom. The van der Waals surface area contributed by atoms with Gasteiger partial charge >= 0.3 is 0 Å². The fourth-order valence-electron chi connectivity index (χ4n) is 4.41. The quantitative estimate of drug-likeness (QED) is 0.505. The lowest BCUT2D eigenvalue weighted by molar-refractivity contribution is 0.105. The van der Waals surface area contributed by atoms with Crippen LogP contribution in [0.4, 0.5) is 4.39 Å². The summed E-state index contributed by atoms with van der Waals surface area (Å²) in [7, 11) is 0. The summed E-state index contributed by atoms with van der Waals surface area (Å²) in [5.74, 6) is 2.02. The molecule has 1 fully saturated rings. The van der Waals surface area contributed by atoms with Gasteiger partial charge in [0.15, 0.2) is 5.82 Å². The molecule has 5 rings (SSSR count). The van der Waals surface area contributed by atoms with Crippen LogP contribution in [0.2, 0.25) is 5.02 Å². The largest absolute Gasteiger partial charge is 0.369 e. The normalized spacial score (nSPS) is 20.4. The smallest absolute Gasteiger partial charge is 0.163 e. The molecule has 7 heteroatoms. The average molecular weight is 429 g/mol. The Morgan fingerprint density at radius 3 is 2.57 bits per heavy atom. The van der Waals surface area contributed by atoms with Crippen molar-refractivity contribution in [1.29, 1.82) is 0 Å². The molecule has 30 heavy (non-hydrogen) atoms. The van der Waals surface area contributed by atoms with Crippen molar-refractivity contribution in [2.24, 2.45) is 0 Å². The number of pyridine rings is 1. The van der Waals surface area contributed by atoms with Crippen LogP contribution in [0.3, 0.4) is 0 Å². The lowest BCUT2D eigenvalue weighted by atomic mass is 9.79. The monoisotopic (exact) mass is 428 g/mol. The minimum absolute atomic E-state index is 0.165. The van der Waals surface area contributed by atoms with E-state index in [0.29, 0.717) is 23.9 Å². The first-order valence-electron chi connectivity index (χ1n) is 10.6. The van der Waals surface area contributed by atoms with Crippen LogP contribution < -0.4 is 0 Å². The van der Waals surface area contributed by atoms with Crippen LogP contribution in [0, 0.1) is 5.82 Å². The standard InChI is InChI=1S/C21H20ClFN4O.C2H6/c22-16-7-8-18-15(10-16)11-28-12-19-25-26-21(27(18)19)14-5-3-13(4-6-14)20-17(23)2-1-9-24-20;1-2/h1-2,7-10,13-14H,3-6,11-12H2;1-2H3. The molecule has 1 aromatic carbocycles. The fraction of sp³-hybridized carbons (Fsp3) is 0.435. The number of benzene rings is 1. The molecular formula is C23H26ClFN4O. The number of fused-ring (bicyclic) bond motifs is 3. The van der Waals surface area contributed by atoms with Crippen molar-refractivity contribution >= 4 is 11.6 Å². The summed E-state index contributed by atoms with van der Waals surface area (Å²) in [5, 5.41) is 9.59. The zero-order chi connectivity index (χ0) is 21.1. The van der Waals surface area contributed by atoms with Gasteiger partial charge in [0.05, 0.1) is 18.0 Å². The van der Waals surface area contributed by atoms with Crippen molar-refractivity contribution in [3.05, 3.63) is 70.3 Å². The van der Waals surface area contributed by atoms with E-state index in [0.717, 1.165) is 48.6 Å². The summed E-state index contributed by atoms with van der Waals surface area (Å²) in [6.45, 7) is 4.93. The van der Waals surface area contributed by atoms with Gasteiger partial charge in [0.2, 0.25) is 0 Å². The Hall–Kier alpha value is -2.31. The van der Waals surface area contributed by atoms with Crippen molar-refractivity contribution in [2.75, 3.05) is 0 Å². The van der Waals surface area contributed by atoms with E-state index in [1.165, 1.54) is 6.07 Å². The predicted molar refractivity (Wildman–Crippen MR) is 114 cm³/mol. The van der Waals surface area contributed by atoms with Crippen molar-refractivity contribution in [1.82, 2.24) is 19.7 Å². The van der Waals surface area contributed by atoms with Gasteiger partial charge in [-0.2, -0.15) is 0 Å². The molecule has 3 aromatic rings. The summed E-state index contributed by atoms with van der Waals surface area (Å²) < 4.78 is 22.0. The molecule has 0 radical (unpaired) electrons. The molecule has 0 saturated heterocycles. The van der Waals surface area contributed by atoms with Crippen LogP contribution in [0.15, 0.2) is 36.5 Å². The average Bonchev–Trinajstić information content (AvgIpc) is 3.11. The second-order valence-corrected chi connectivity index (χ2v) is 7.93. The van der Waals surface area contributed by atoms with E-state index < -0.39 is 0 Å².